The van der Waals surface area contributed by atoms with E-state index in [1.54, 1.807) is 11.1 Å². The van der Waals surface area contributed by atoms with E-state index in [-0.39, 0.29) is 12.9 Å². The molecular weight excluding hydrogens is 334 g/mol. The first-order chi connectivity index (χ1) is 12.4. The highest BCUT2D eigenvalue weighted by molar-refractivity contribution is 5.94. The zero-order valence-corrected chi connectivity index (χ0v) is 15.4. The van der Waals surface area contributed by atoms with Gasteiger partial charge in [0.05, 0.1) is 11.9 Å². The van der Waals surface area contributed by atoms with E-state index in [9.17, 15) is 4.79 Å². The Morgan fingerprint density at radius 3 is 2.58 bits per heavy atom. The highest BCUT2D eigenvalue weighted by atomic mass is 16.6. The van der Waals surface area contributed by atoms with Crippen LogP contribution in [0.4, 0.5) is 10.5 Å². The number of hydrogen-bond donors (Lipinski definition) is 1. The van der Waals surface area contributed by atoms with Crippen LogP contribution >= 0.6 is 0 Å². The lowest BCUT2D eigenvalue weighted by molar-refractivity contribution is 0.0240. The van der Waals surface area contributed by atoms with Gasteiger partial charge in [-0.15, -0.1) is 0 Å². The van der Waals surface area contributed by atoms with Gasteiger partial charge in [0.15, 0.2) is 6.79 Å². The van der Waals surface area contributed by atoms with E-state index >= 15 is 0 Å². The van der Waals surface area contributed by atoms with Gasteiger partial charge in [0, 0.05) is 43.1 Å². The highest BCUT2D eigenvalue weighted by Gasteiger charge is 2.26. The van der Waals surface area contributed by atoms with E-state index in [0.717, 1.165) is 16.5 Å². The first kappa shape index (κ1) is 18.3. The number of benzene rings is 1. The van der Waals surface area contributed by atoms with Gasteiger partial charge in [0.2, 0.25) is 0 Å². The number of aliphatic hydroxyl groups is 1. The SMILES string of the molecule is CC(C)(C)OC(=O)N1CCN(c2cncc3ccc(OCO)cc23)CC1. The normalized spacial score (nSPS) is 15.2. The van der Waals surface area contributed by atoms with Crippen LogP contribution in [0.15, 0.2) is 30.6 Å². The summed E-state index contributed by atoms with van der Waals surface area (Å²) < 4.78 is 10.6. The van der Waals surface area contributed by atoms with Gasteiger partial charge in [-0.1, -0.05) is 0 Å². The lowest BCUT2D eigenvalue weighted by atomic mass is 10.1. The van der Waals surface area contributed by atoms with E-state index in [0.29, 0.717) is 31.9 Å². The van der Waals surface area contributed by atoms with Gasteiger partial charge in [0.1, 0.15) is 11.4 Å². The molecule has 1 aliphatic heterocycles. The van der Waals surface area contributed by atoms with Gasteiger partial charge in [-0.3, -0.25) is 4.98 Å². The van der Waals surface area contributed by atoms with Crippen LogP contribution in [0.3, 0.4) is 0 Å². The number of aliphatic hydroxyl groups excluding tert-OH is 1. The molecule has 0 unspecified atom stereocenters. The average Bonchev–Trinajstić information content (AvgIpc) is 2.60. The molecule has 1 aromatic heterocycles. The number of fused-ring (bicyclic) bond motifs is 1. The fourth-order valence-electron chi connectivity index (χ4n) is 3.00. The van der Waals surface area contributed by atoms with Gasteiger partial charge in [-0.05, 0) is 39.0 Å². The summed E-state index contributed by atoms with van der Waals surface area (Å²) in [5, 5.41) is 11.0. The second-order valence-corrected chi connectivity index (χ2v) is 7.27. The number of carbonyl (C=O) groups is 1. The number of carbonyl (C=O) groups excluding carboxylic acids is 1. The minimum atomic E-state index is -0.489. The van der Waals surface area contributed by atoms with Crippen molar-refractivity contribution in [1.29, 1.82) is 0 Å². The Balaban J connectivity index is 1.75. The van der Waals surface area contributed by atoms with Crippen LogP contribution in [-0.2, 0) is 4.74 Å². The van der Waals surface area contributed by atoms with Crippen LogP contribution in [0.25, 0.3) is 10.8 Å². The molecule has 0 bridgehead atoms. The second-order valence-electron chi connectivity index (χ2n) is 7.27. The predicted molar refractivity (Wildman–Crippen MR) is 99.5 cm³/mol. The molecule has 2 aromatic rings. The molecule has 1 aliphatic rings. The molecule has 1 N–H and O–H groups in total. The van der Waals surface area contributed by atoms with Gasteiger partial charge >= 0.3 is 6.09 Å². The first-order valence-corrected chi connectivity index (χ1v) is 8.72. The van der Waals surface area contributed by atoms with E-state index in [1.165, 1.54) is 0 Å². The highest BCUT2D eigenvalue weighted by Crippen LogP contribution is 2.30. The maximum atomic E-state index is 12.2. The third kappa shape index (κ3) is 4.16. The predicted octanol–water partition coefficient (Wildman–Crippen LogP) is 2.62. The van der Waals surface area contributed by atoms with Crippen molar-refractivity contribution in [2.24, 2.45) is 0 Å². The number of anilines is 1. The summed E-state index contributed by atoms with van der Waals surface area (Å²) in [5.41, 5.74) is 0.506. The molecule has 0 aliphatic carbocycles. The van der Waals surface area contributed by atoms with Crippen molar-refractivity contribution >= 4 is 22.6 Å². The molecule has 0 saturated carbocycles. The molecule has 2 heterocycles. The van der Waals surface area contributed by atoms with E-state index < -0.39 is 5.60 Å². The molecular formula is C19H25N3O4. The molecule has 1 saturated heterocycles. The summed E-state index contributed by atoms with van der Waals surface area (Å²) in [5.74, 6) is 0.611. The standard InChI is InChI=1S/C19H25N3O4/c1-19(2,3)26-18(24)22-8-6-21(7-9-22)17-12-20-11-14-4-5-15(25-13-23)10-16(14)17/h4-5,10-12,23H,6-9,13H2,1-3H3. The second kappa shape index (κ2) is 7.37. The zero-order chi connectivity index (χ0) is 18.7. The third-order valence-corrected chi connectivity index (χ3v) is 4.21. The Labute approximate surface area is 153 Å². The van der Waals surface area contributed by atoms with Gasteiger partial charge in [-0.25, -0.2) is 4.79 Å². The smallest absolute Gasteiger partial charge is 0.410 e. The maximum absolute atomic E-state index is 12.2. The summed E-state index contributed by atoms with van der Waals surface area (Å²) in [4.78, 5) is 20.5. The molecule has 3 rings (SSSR count). The lowest BCUT2D eigenvalue weighted by Crippen LogP contribution is -2.50. The van der Waals surface area contributed by atoms with Crippen LogP contribution in [-0.4, -0.2) is 59.7 Å². The van der Waals surface area contributed by atoms with E-state index in [4.69, 9.17) is 14.6 Å². The minimum Gasteiger partial charge on any atom is -0.468 e. The Hall–Kier alpha value is -2.54. The van der Waals surface area contributed by atoms with Gasteiger partial charge in [-0.2, -0.15) is 0 Å². The number of aromatic nitrogens is 1. The fourth-order valence-corrected chi connectivity index (χ4v) is 3.00. The molecule has 26 heavy (non-hydrogen) atoms. The Morgan fingerprint density at radius 1 is 1.19 bits per heavy atom. The molecule has 1 aromatic carbocycles. The molecule has 0 spiro atoms. The summed E-state index contributed by atoms with van der Waals surface area (Å²) in [6.07, 6.45) is 3.36. The van der Waals surface area contributed by atoms with Crippen LogP contribution in [0.2, 0.25) is 0 Å². The zero-order valence-electron chi connectivity index (χ0n) is 15.4. The minimum absolute atomic E-state index is 0.271. The third-order valence-electron chi connectivity index (χ3n) is 4.21. The Kier molecular flexibility index (Phi) is 5.18. The van der Waals surface area contributed by atoms with Crippen molar-refractivity contribution in [2.75, 3.05) is 37.9 Å². The van der Waals surface area contributed by atoms with E-state index in [2.05, 4.69) is 9.88 Å². The molecule has 0 atom stereocenters. The van der Waals surface area contributed by atoms with Crippen molar-refractivity contribution in [3.05, 3.63) is 30.6 Å². The number of piperazine rings is 1. The molecule has 1 fully saturated rings. The average molecular weight is 359 g/mol. The maximum Gasteiger partial charge on any atom is 0.410 e. The number of rotatable bonds is 3. The first-order valence-electron chi connectivity index (χ1n) is 8.72. The van der Waals surface area contributed by atoms with Crippen LogP contribution in [0.5, 0.6) is 5.75 Å². The monoisotopic (exact) mass is 359 g/mol. The lowest BCUT2D eigenvalue weighted by Gasteiger charge is -2.37. The Morgan fingerprint density at radius 2 is 1.92 bits per heavy atom. The van der Waals surface area contributed by atoms with Crippen LogP contribution < -0.4 is 9.64 Å². The number of ether oxygens (including phenoxy) is 2. The van der Waals surface area contributed by atoms with Crippen LogP contribution in [0.1, 0.15) is 20.8 Å². The summed E-state index contributed by atoms with van der Waals surface area (Å²) in [6, 6.07) is 5.64. The van der Waals surface area contributed by atoms with Crippen molar-refractivity contribution in [3.8, 4) is 5.75 Å². The van der Waals surface area contributed by atoms with Crippen molar-refractivity contribution in [1.82, 2.24) is 9.88 Å². The molecule has 140 valence electrons. The van der Waals surface area contributed by atoms with Crippen molar-refractivity contribution < 1.29 is 19.4 Å². The Bertz CT molecular complexity index is 780. The van der Waals surface area contributed by atoms with Gasteiger partial charge < -0.3 is 24.4 Å². The summed E-state index contributed by atoms with van der Waals surface area (Å²) in [7, 11) is 0. The molecule has 0 radical (unpaired) electrons. The van der Waals surface area contributed by atoms with Crippen molar-refractivity contribution in [2.45, 2.75) is 26.4 Å². The fraction of sp³-hybridized carbons (Fsp3) is 0.474. The topological polar surface area (TPSA) is 75.1 Å². The molecule has 7 heteroatoms. The van der Waals surface area contributed by atoms with E-state index in [1.807, 2.05) is 45.2 Å². The van der Waals surface area contributed by atoms with Crippen LogP contribution in [0, 0.1) is 0 Å². The van der Waals surface area contributed by atoms with Gasteiger partial charge in [0.25, 0.3) is 0 Å². The quantitative estimate of drug-likeness (QED) is 0.849. The molecule has 1 amide bonds. The molecule has 7 nitrogen and oxygen atoms in total. The summed E-state index contributed by atoms with van der Waals surface area (Å²) >= 11 is 0. The van der Waals surface area contributed by atoms with Crippen molar-refractivity contribution in [3.63, 3.8) is 0 Å². The number of hydrogen-bond acceptors (Lipinski definition) is 6. The number of amides is 1. The number of nitrogens with zero attached hydrogens (tertiary/aromatic N) is 3. The summed E-state index contributed by atoms with van der Waals surface area (Å²) in [6.45, 7) is 7.84. The number of pyridine rings is 1. The largest absolute Gasteiger partial charge is 0.468 e.